The molecular weight excluding hydrogens is 268 g/mol. The first-order valence-corrected chi connectivity index (χ1v) is 7.05. The summed E-state index contributed by atoms with van der Waals surface area (Å²) in [6.07, 6.45) is 3.71. The lowest BCUT2D eigenvalue weighted by Gasteiger charge is -2.21. The number of pyridine rings is 1. The van der Waals surface area contributed by atoms with Gasteiger partial charge in [-0.15, -0.1) is 0 Å². The van der Waals surface area contributed by atoms with E-state index in [2.05, 4.69) is 10.3 Å². The Kier molecular flexibility index (Phi) is 7.39. The quantitative estimate of drug-likeness (QED) is 0.758. The van der Waals surface area contributed by atoms with Crippen molar-refractivity contribution in [3.05, 3.63) is 30.1 Å². The molecule has 1 aromatic heterocycles. The van der Waals surface area contributed by atoms with E-state index in [-0.39, 0.29) is 11.8 Å². The van der Waals surface area contributed by atoms with E-state index in [1.165, 1.54) is 6.92 Å². The number of nitrogens with zero attached hydrogens (tertiary/aromatic N) is 3. The minimum atomic E-state index is -0.0343. The van der Waals surface area contributed by atoms with Gasteiger partial charge in [0.25, 0.3) is 0 Å². The molecule has 116 valence electrons. The molecule has 1 N–H and O–H groups in total. The van der Waals surface area contributed by atoms with Crippen LogP contribution in [-0.2, 0) is 16.1 Å². The van der Waals surface area contributed by atoms with Crippen LogP contribution in [0.15, 0.2) is 24.5 Å². The molecule has 0 fully saturated rings. The highest BCUT2D eigenvalue weighted by molar-refractivity contribution is 5.78. The Morgan fingerprint density at radius 2 is 1.86 bits per heavy atom. The van der Waals surface area contributed by atoms with Gasteiger partial charge in [-0.1, -0.05) is 0 Å². The van der Waals surface area contributed by atoms with Gasteiger partial charge in [0.15, 0.2) is 0 Å². The molecular formula is C15H24N4O2. The maximum absolute atomic E-state index is 11.7. The molecule has 6 nitrogen and oxygen atoms in total. The molecule has 21 heavy (non-hydrogen) atoms. The van der Waals surface area contributed by atoms with Crippen molar-refractivity contribution in [3.8, 4) is 0 Å². The lowest BCUT2D eigenvalue weighted by molar-refractivity contribution is -0.130. The Morgan fingerprint density at radius 1 is 1.19 bits per heavy atom. The third-order valence-corrected chi connectivity index (χ3v) is 3.06. The predicted octanol–water partition coefficient (Wildman–Crippen LogP) is 0.498. The van der Waals surface area contributed by atoms with Crippen molar-refractivity contribution in [1.82, 2.24) is 20.1 Å². The summed E-state index contributed by atoms with van der Waals surface area (Å²) < 4.78 is 0. The van der Waals surface area contributed by atoms with Crippen molar-refractivity contribution >= 4 is 11.8 Å². The first kappa shape index (κ1) is 17.1. The average molecular weight is 292 g/mol. The molecule has 2 amide bonds. The molecule has 0 saturated carbocycles. The van der Waals surface area contributed by atoms with Crippen LogP contribution in [0.1, 0.15) is 18.9 Å². The van der Waals surface area contributed by atoms with E-state index in [0.29, 0.717) is 26.1 Å². The summed E-state index contributed by atoms with van der Waals surface area (Å²) >= 11 is 0. The van der Waals surface area contributed by atoms with Crippen LogP contribution in [0.5, 0.6) is 0 Å². The lowest BCUT2D eigenvalue weighted by atomic mass is 10.2. The van der Waals surface area contributed by atoms with Crippen molar-refractivity contribution in [2.45, 2.75) is 19.9 Å². The zero-order chi connectivity index (χ0) is 15.7. The molecule has 1 rings (SSSR count). The van der Waals surface area contributed by atoms with Crippen LogP contribution in [0, 0.1) is 0 Å². The average Bonchev–Trinajstić information content (AvgIpc) is 2.43. The second-order valence-corrected chi connectivity index (χ2v) is 5.20. The minimum Gasteiger partial charge on any atom is -0.355 e. The van der Waals surface area contributed by atoms with E-state index >= 15 is 0 Å². The van der Waals surface area contributed by atoms with Gasteiger partial charge in [-0.05, 0) is 31.8 Å². The fourth-order valence-electron chi connectivity index (χ4n) is 1.80. The Morgan fingerprint density at radius 3 is 2.43 bits per heavy atom. The maximum atomic E-state index is 11.7. The van der Waals surface area contributed by atoms with E-state index in [0.717, 1.165) is 12.1 Å². The highest BCUT2D eigenvalue weighted by atomic mass is 16.2. The zero-order valence-corrected chi connectivity index (χ0v) is 13.0. The number of nitrogens with one attached hydrogen (secondary N) is 1. The molecule has 0 atom stereocenters. The van der Waals surface area contributed by atoms with Crippen molar-refractivity contribution in [2.24, 2.45) is 0 Å². The standard InChI is InChI=1S/C15H24N4O2/c1-13(20)19(12-14-4-7-16-8-5-14)10-6-15(21)17-9-11-18(2)3/h4-5,7-8H,6,9-12H2,1-3H3,(H,17,21). The van der Waals surface area contributed by atoms with Crippen molar-refractivity contribution < 1.29 is 9.59 Å². The van der Waals surface area contributed by atoms with Crippen LogP contribution >= 0.6 is 0 Å². The Bertz CT molecular complexity index is 448. The van der Waals surface area contributed by atoms with Crippen LogP contribution in [-0.4, -0.2) is 60.3 Å². The van der Waals surface area contributed by atoms with Crippen LogP contribution in [0.4, 0.5) is 0 Å². The largest absolute Gasteiger partial charge is 0.355 e. The van der Waals surface area contributed by atoms with Crippen LogP contribution < -0.4 is 5.32 Å². The zero-order valence-electron chi connectivity index (χ0n) is 13.0. The molecule has 1 heterocycles. The number of hydrogen-bond acceptors (Lipinski definition) is 4. The summed E-state index contributed by atoms with van der Waals surface area (Å²) in [5, 5.41) is 2.84. The summed E-state index contributed by atoms with van der Waals surface area (Å²) in [4.78, 5) is 31.0. The Labute approximate surface area is 126 Å². The minimum absolute atomic E-state index is 0.0298. The van der Waals surface area contributed by atoms with Crippen LogP contribution in [0.25, 0.3) is 0 Å². The van der Waals surface area contributed by atoms with Crippen LogP contribution in [0.3, 0.4) is 0 Å². The van der Waals surface area contributed by atoms with Crippen molar-refractivity contribution in [2.75, 3.05) is 33.7 Å². The van der Waals surface area contributed by atoms with E-state index in [4.69, 9.17) is 0 Å². The van der Waals surface area contributed by atoms with Gasteiger partial charge in [0.2, 0.25) is 11.8 Å². The number of likely N-dealkylation sites (N-methyl/N-ethyl adjacent to an activating group) is 1. The van der Waals surface area contributed by atoms with E-state index < -0.39 is 0 Å². The predicted molar refractivity (Wildman–Crippen MR) is 81.5 cm³/mol. The molecule has 0 radical (unpaired) electrons. The molecule has 6 heteroatoms. The van der Waals surface area contributed by atoms with Gasteiger partial charge in [0.05, 0.1) is 0 Å². The molecule has 0 saturated heterocycles. The molecule has 0 bridgehead atoms. The van der Waals surface area contributed by atoms with Crippen LogP contribution in [0.2, 0.25) is 0 Å². The van der Waals surface area contributed by atoms with Gasteiger partial charge in [0.1, 0.15) is 0 Å². The van der Waals surface area contributed by atoms with E-state index in [1.54, 1.807) is 17.3 Å². The number of rotatable bonds is 8. The second kappa shape index (κ2) is 9.07. The van der Waals surface area contributed by atoms with Gasteiger partial charge in [-0.25, -0.2) is 0 Å². The molecule has 0 aliphatic heterocycles. The monoisotopic (exact) mass is 292 g/mol. The lowest BCUT2D eigenvalue weighted by Crippen LogP contribution is -2.35. The number of hydrogen-bond donors (Lipinski definition) is 1. The Hall–Kier alpha value is -1.95. The molecule has 0 unspecified atom stereocenters. The molecule has 0 aliphatic carbocycles. The highest BCUT2D eigenvalue weighted by Crippen LogP contribution is 2.04. The maximum Gasteiger partial charge on any atom is 0.221 e. The summed E-state index contributed by atoms with van der Waals surface area (Å²) in [5.41, 5.74) is 1.01. The first-order valence-electron chi connectivity index (χ1n) is 7.05. The van der Waals surface area contributed by atoms with Gasteiger partial charge >= 0.3 is 0 Å². The Balaban J connectivity index is 2.38. The molecule has 0 aromatic carbocycles. The molecule has 1 aromatic rings. The van der Waals surface area contributed by atoms with Crippen molar-refractivity contribution in [1.29, 1.82) is 0 Å². The van der Waals surface area contributed by atoms with Crippen molar-refractivity contribution in [3.63, 3.8) is 0 Å². The molecule has 0 aliphatic rings. The number of aromatic nitrogens is 1. The summed E-state index contributed by atoms with van der Waals surface area (Å²) in [7, 11) is 3.91. The summed E-state index contributed by atoms with van der Waals surface area (Å²) in [6.45, 7) is 3.87. The normalized spacial score (nSPS) is 10.5. The number of carbonyl (C=O) groups is 2. The van der Waals surface area contributed by atoms with Gasteiger partial charge in [-0.2, -0.15) is 0 Å². The fraction of sp³-hybridized carbons (Fsp3) is 0.533. The number of amides is 2. The van der Waals surface area contributed by atoms with Gasteiger partial charge < -0.3 is 15.1 Å². The second-order valence-electron chi connectivity index (χ2n) is 5.20. The van der Waals surface area contributed by atoms with E-state index in [9.17, 15) is 9.59 Å². The summed E-state index contributed by atoms with van der Waals surface area (Å²) in [6, 6.07) is 3.74. The summed E-state index contributed by atoms with van der Waals surface area (Å²) in [5.74, 6) is -0.0641. The smallest absolute Gasteiger partial charge is 0.221 e. The SMILES string of the molecule is CC(=O)N(CCC(=O)NCCN(C)C)Cc1ccncc1. The van der Waals surface area contributed by atoms with E-state index in [1.807, 2.05) is 31.1 Å². The number of carbonyl (C=O) groups excluding carboxylic acids is 2. The third-order valence-electron chi connectivity index (χ3n) is 3.06. The third kappa shape index (κ3) is 7.41. The molecule has 0 spiro atoms. The highest BCUT2D eigenvalue weighted by Gasteiger charge is 2.11. The first-order chi connectivity index (χ1) is 9.99. The topological polar surface area (TPSA) is 65.5 Å². The van der Waals surface area contributed by atoms with Gasteiger partial charge in [-0.3, -0.25) is 14.6 Å². The van der Waals surface area contributed by atoms with Gasteiger partial charge in [0, 0.05) is 51.9 Å². The fourth-order valence-corrected chi connectivity index (χ4v) is 1.80.